The second-order valence-electron chi connectivity index (χ2n) is 6.58. The zero-order chi connectivity index (χ0) is 18.1. The second kappa shape index (κ2) is 6.85. The van der Waals surface area contributed by atoms with E-state index in [1.165, 1.54) is 0 Å². The molecule has 0 aliphatic heterocycles. The molecule has 132 valence electrons. The molecule has 2 aromatic heterocycles. The molecule has 26 heavy (non-hydrogen) atoms. The van der Waals surface area contributed by atoms with Crippen molar-refractivity contribution in [3.8, 4) is 6.07 Å². The van der Waals surface area contributed by atoms with Crippen LogP contribution in [0.4, 0.5) is 11.5 Å². The zero-order valence-corrected chi connectivity index (χ0v) is 14.8. The third-order valence-corrected chi connectivity index (χ3v) is 5.20. The quantitative estimate of drug-likeness (QED) is 0.719. The largest absolute Gasteiger partial charge is 0.338 e. The maximum absolute atomic E-state index is 12.5. The Kier molecular flexibility index (Phi) is 4.39. The number of nitrogens with one attached hydrogen (secondary N) is 2. The topological polar surface area (TPSA) is 86.5 Å². The Labute approximate surface area is 155 Å². The molecule has 1 aliphatic rings. The molecular formula is C19H18ClN5O. The normalized spacial score (nSPS) is 20.0. The van der Waals surface area contributed by atoms with Crippen molar-refractivity contribution < 1.29 is 0 Å². The highest BCUT2D eigenvalue weighted by Gasteiger charge is 2.29. The number of nitrogens with zero attached hydrogens (tertiary/aromatic N) is 3. The van der Waals surface area contributed by atoms with Crippen molar-refractivity contribution in [3.63, 3.8) is 0 Å². The van der Waals surface area contributed by atoms with E-state index >= 15 is 0 Å². The van der Waals surface area contributed by atoms with E-state index in [9.17, 15) is 10.1 Å². The van der Waals surface area contributed by atoms with Crippen molar-refractivity contribution in [1.82, 2.24) is 14.8 Å². The van der Waals surface area contributed by atoms with Crippen molar-refractivity contribution >= 4 is 34.0 Å². The predicted octanol–water partition coefficient (Wildman–Crippen LogP) is 4.38. The van der Waals surface area contributed by atoms with Gasteiger partial charge >= 0.3 is 0 Å². The number of hydrogen-bond donors (Lipinski definition) is 2. The maximum atomic E-state index is 12.5. The number of hydrogen-bond acceptors (Lipinski definition) is 4. The van der Waals surface area contributed by atoms with E-state index in [-0.39, 0.29) is 17.5 Å². The summed E-state index contributed by atoms with van der Waals surface area (Å²) in [5.41, 5.74) is 1.34. The summed E-state index contributed by atoms with van der Waals surface area (Å²) in [7, 11) is 0. The van der Waals surface area contributed by atoms with Crippen LogP contribution in [0.15, 0.2) is 41.3 Å². The Bertz CT molecular complexity index is 1030. The summed E-state index contributed by atoms with van der Waals surface area (Å²) in [5.74, 6) is 0.404. The Morgan fingerprint density at radius 3 is 2.77 bits per heavy atom. The zero-order valence-electron chi connectivity index (χ0n) is 14.1. The molecular weight excluding hydrogens is 350 g/mol. The molecule has 2 atom stereocenters. The van der Waals surface area contributed by atoms with Gasteiger partial charge in [-0.25, -0.2) is 0 Å². The van der Waals surface area contributed by atoms with E-state index in [1.807, 2.05) is 22.9 Å². The van der Waals surface area contributed by atoms with Crippen LogP contribution in [0.5, 0.6) is 0 Å². The van der Waals surface area contributed by atoms with Gasteiger partial charge in [-0.05, 0) is 43.2 Å². The first-order valence-corrected chi connectivity index (χ1v) is 9.07. The number of H-pyrrole nitrogens is 1. The van der Waals surface area contributed by atoms with Crippen LogP contribution in [-0.2, 0) is 0 Å². The minimum atomic E-state index is -0.200. The van der Waals surface area contributed by atoms with Gasteiger partial charge in [-0.15, -0.1) is 0 Å². The van der Waals surface area contributed by atoms with Crippen LogP contribution in [0, 0.1) is 17.2 Å². The monoisotopic (exact) mass is 367 g/mol. The molecule has 4 rings (SSSR count). The average Bonchev–Trinajstić information content (AvgIpc) is 3.03. The van der Waals surface area contributed by atoms with E-state index < -0.39 is 0 Å². The maximum Gasteiger partial charge on any atom is 0.261 e. The molecule has 0 saturated heterocycles. The molecule has 0 bridgehead atoms. The smallest absolute Gasteiger partial charge is 0.261 e. The van der Waals surface area contributed by atoms with Crippen LogP contribution in [0.25, 0.3) is 10.9 Å². The van der Waals surface area contributed by atoms with Gasteiger partial charge in [0.25, 0.3) is 5.56 Å². The fraction of sp³-hybridized carbons (Fsp3) is 0.316. The van der Waals surface area contributed by atoms with Gasteiger partial charge in [-0.3, -0.25) is 9.48 Å². The van der Waals surface area contributed by atoms with E-state index in [4.69, 9.17) is 16.7 Å². The number of fused-ring (bicyclic) bond motifs is 1. The third kappa shape index (κ3) is 2.95. The molecule has 7 heteroatoms. The number of aromatic nitrogens is 3. The molecule has 3 aromatic rings. The van der Waals surface area contributed by atoms with Crippen molar-refractivity contribution in [2.45, 2.75) is 31.7 Å². The Morgan fingerprint density at radius 1 is 1.23 bits per heavy atom. The van der Waals surface area contributed by atoms with Gasteiger partial charge in [-0.2, -0.15) is 10.4 Å². The molecule has 1 saturated carbocycles. The molecule has 2 N–H and O–H groups in total. The molecule has 0 radical (unpaired) electrons. The van der Waals surface area contributed by atoms with Gasteiger partial charge < -0.3 is 10.3 Å². The predicted molar refractivity (Wildman–Crippen MR) is 102 cm³/mol. The number of halogens is 1. The van der Waals surface area contributed by atoms with Gasteiger partial charge in [0.2, 0.25) is 0 Å². The lowest BCUT2D eigenvalue weighted by molar-refractivity contribution is 0.277. The minimum Gasteiger partial charge on any atom is -0.338 e. The first-order valence-electron chi connectivity index (χ1n) is 8.69. The number of anilines is 2. The lowest BCUT2D eigenvalue weighted by Gasteiger charge is -2.27. The van der Waals surface area contributed by atoms with Crippen LogP contribution < -0.4 is 10.9 Å². The summed E-state index contributed by atoms with van der Waals surface area (Å²) in [6.07, 6.45) is 5.50. The van der Waals surface area contributed by atoms with Crippen molar-refractivity contribution in [1.29, 1.82) is 5.26 Å². The van der Waals surface area contributed by atoms with Crippen LogP contribution in [0.1, 0.15) is 31.7 Å². The Morgan fingerprint density at radius 2 is 2.00 bits per heavy atom. The summed E-state index contributed by atoms with van der Waals surface area (Å²) in [5, 5.41) is 18.6. The molecule has 0 amide bonds. The second-order valence-corrected chi connectivity index (χ2v) is 7.02. The van der Waals surface area contributed by atoms with Crippen LogP contribution >= 0.6 is 11.6 Å². The van der Waals surface area contributed by atoms with Gasteiger partial charge in [0.1, 0.15) is 5.39 Å². The van der Waals surface area contributed by atoms with Gasteiger partial charge in [0.15, 0.2) is 5.82 Å². The fourth-order valence-corrected chi connectivity index (χ4v) is 3.79. The van der Waals surface area contributed by atoms with Crippen LogP contribution in [0.3, 0.4) is 0 Å². The van der Waals surface area contributed by atoms with Crippen molar-refractivity contribution in [2.75, 3.05) is 5.32 Å². The van der Waals surface area contributed by atoms with E-state index in [2.05, 4.69) is 16.4 Å². The van der Waals surface area contributed by atoms with Crippen molar-refractivity contribution in [2.24, 2.45) is 5.92 Å². The molecule has 1 fully saturated rings. The lowest BCUT2D eigenvalue weighted by Crippen LogP contribution is -2.23. The Balaban J connectivity index is 1.82. The molecule has 1 aliphatic carbocycles. The van der Waals surface area contributed by atoms with Gasteiger partial charge in [0, 0.05) is 16.9 Å². The summed E-state index contributed by atoms with van der Waals surface area (Å²) < 4.78 is 1.86. The number of benzene rings is 1. The number of rotatable bonds is 3. The molecule has 1 aromatic carbocycles. The molecule has 1 unspecified atom stereocenters. The van der Waals surface area contributed by atoms with Crippen LogP contribution in [-0.4, -0.2) is 14.8 Å². The van der Waals surface area contributed by atoms with E-state index in [0.717, 1.165) is 36.9 Å². The third-order valence-electron chi connectivity index (χ3n) is 4.95. The summed E-state index contributed by atoms with van der Waals surface area (Å²) in [6.45, 7) is 0. The highest BCUT2D eigenvalue weighted by atomic mass is 35.5. The standard InChI is InChI=1S/C19H18ClN5O/c20-13-5-7-14(8-6-13)23-18-17-16(9-10-22-19(17)26)25(24-18)15-4-2-1-3-12(15)11-21/h5-10,12,15H,1-4H2,(H,22,26)(H,23,24)/t12?,15-/m0/s1. The summed E-state index contributed by atoms with van der Waals surface area (Å²) >= 11 is 5.94. The lowest BCUT2D eigenvalue weighted by atomic mass is 9.85. The van der Waals surface area contributed by atoms with E-state index in [0.29, 0.717) is 16.2 Å². The summed E-state index contributed by atoms with van der Waals surface area (Å²) in [4.78, 5) is 15.2. The minimum absolute atomic E-state index is 0.0150. The molecule has 6 nitrogen and oxygen atoms in total. The summed E-state index contributed by atoms with van der Waals surface area (Å²) in [6, 6.07) is 11.5. The molecule has 0 spiro atoms. The fourth-order valence-electron chi connectivity index (χ4n) is 3.66. The number of nitriles is 1. The SMILES string of the molecule is N#CC1CCCC[C@@H]1n1nc(Nc2ccc(Cl)cc2)c2c(=O)[nH]ccc21. The molecule has 2 heterocycles. The average molecular weight is 368 g/mol. The van der Waals surface area contributed by atoms with E-state index in [1.54, 1.807) is 18.3 Å². The van der Waals surface area contributed by atoms with Gasteiger partial charge in [0.05, 0.1) is 23.5 Å². The Hall–Kier alpha value is -2.78. The number of aromatic amines is 1. The first kappa shape index (κ1) is 16.7. The van der Waals surface area contributed by atoms with Gasteiger partial charge in [-0.1, -0.05) is 24.4 Å². The van der Waals surface area contributed by atoms with Crippen LogP contribution in [0.2, 0.25) is 5.02 Å². The van der Waals surface area contributed by atoms with Crippen molar-refractivity contribution in [3.05, 3.63) is 51.9 Å². The number of pyridine rings is 1. The first-order chi connectivity index (χ1) is 12.7. The highest BCUT2D eigenvalue weighted by Crippen LogP contribution is 2.36. The highest BCUT2D eigenvalue weighted by molar-refractivity contribution is 6.30.